The molecular weight excluding hydrogens is 414 g/mol. The molecule has 3 heterocycles. The van der Waals surface area contributed by atoms with Crippen molar-refractivity contribution in [3.05, 3.63) is 77.4 Å². The van der Waals surface area contributed by atoms with E-state index in [4.69, 9.17) is 4.98 Å². The van der Waals surface area contributed by atoms with Gasteiger partial charge >= 0.3 is 0 Å². The molecule has 1 atom stereocenters. The average molecular weight is 444 g/mol. The summed E-state index contributed by atoms with van der Waals surface area (Å²) in [6.45, 7) is 1.21. The number of nitrogens with zero attached hydrogens (tertiary/aromatic N) is 5. The summed E-state index contributed by atoms with van der Waals surface area (Å²) in [5.41, 5.74) is 5.77. The van der Waals surface area contributed by atoms with Crippen LogP contribution in [0, 0.1) is 0 Å². The van der Waals surface area contributed by atoms with Gasteiger partial charge in [0.15, 0.2) is 0 Å². The summed E-state index contributed by atoms with van der Waals surface area (Å²) in [7, 11) is 4.07. The van der Waals surface area contributed by atoms with Crippen LogP contribution in [0.2, 0.25) is 0 Å². The second-order valence-electron chi connectivity index (χ2n) is 8.76. The van der Waals surface area contributed by atoms with E-state index in [1.54, 1.807) is 6.33 Å². The Morgan fingerprint density at radius 1 is 1.30 bits per heavy atom. The van der Waals surface area contributed by atoms with Crippen LogP contribution >= 0.6 is 0 Å². The molecule has 5 rings (SSSR count). The molecule has 3 aromatic heterocycles. The maximum absolute atomic E-state index is 12.9. The minimum absolute atomic E-state index is 0.111. The molecule has 1 aliphatic rings. The number of fused-ring (bicyclic) bond motifs is 2. The molecule has 0 spiro atoms. The third-order valence-corrected chi connectivity index (χ3v) is 6.49. The summed E-state index contributed by atoms with van der Waals surface area (Å²) in [6, 6.07) is 10.2. The highest BCUT2D eigenvalue weighted by Gasteiger charge is 2.25. The third kappa shape index (κ3) is 4.39. The van der Waals surface area contributed by atoms with Crippen LogP contribution in [0.1, 0.15) is 52.0 Å². The number of benzene rings is 1. The second-order valence-corrected chi connectivity index (χ2v) is 8.76. The molecule has 8 heteroatoms. The van der Waals surface area contributed by atoms with Gasteiger partial charge in [-0.3, -0.25) is 14.7 Å². The van der Waals surface area contributed by atoms with Crippen LogP contribution in [0.5, 0.6) is 0 Å². The van der Waals surface area contributed by atoms with Gasteiger partial charge in [-0.25, -0.2) is 9.97 Å². The quantitative estimate of drug-likeness (QED) is 0.458. The molecule has 1 aliphatic carbocycles. The van der Waals surface area contributed by atoms with Crippen LogP contribution in [0.15, 0.2) is 49.1 Å². The van der Waals surface area contributed by atoms with Crippen LogP contribution in [-0.2, 0) is 26.4 Å². The monoisotopic (exact) mass is 443 g/mol. The number of aromatic amines is 1. The van der Waals surface area contributed by atoms with Crippen molar-refractivity contribution >= 4 is 16.9 Å². The smallest absolute Gasteiger partial charge is 0.253 e. The molecule has 33 heavy (non-hydrogen) atoms. The molecule has 4 aromatic rings. The van der Waals surface area contributed by atoms with E-state index in [1.165, 1.54) is 11.3 Å². The molecule has 8 nitrogen and oxygen atoms in total. The van der Waals surface area contributed by atoms with Crippen molar-refractivity contribution in [1.82, 2.24) is 34.7 Å². The molecular formula is C25H29N7O. The number of pyridine rings is 1. The van der Waals surface area contributed by atoms with E-state index in [0.29, 0.717) is 24.2 Å². The van der Waals surface area contributed by atoms with Crippen LogP contribution in [-0.4, -0.2) is 48.9 Å². The molecule has 0 radical (unpaired) electrons. The number of H-pyrrole nitrogens is 1. The number of nitrogens with one attached hydrogen (secondary N) is 2. The Morgan fingerprint density at radius 2 is 2.21 bits per heavy atom. The van der Waals surface area contributed by atoms with Gasteiger partial charge in [-0.1, -0.05) is 12.1 Å². The van der Waals surface area contributed by atoms with Crippen LogP contribution in [0.4, 0.5) is 0 Å². The number of carbonyl (C=O) groups is 1. The fraction of sp³-hybridized carbons (Fsp3) is 0.360. The minimum Gasteiger partial charge on any atom is -0.352 e. The van der Waals surface area contributed by atoms with Gasteiger partial charge in [-0.2, -0.15) is 0 Å². The summed E-state index contributed by atoms with van der Waals surface area (Å²) in [6.07, 6.45) is 9.54. The summed E-state index contributed by atoms with van der Waals surface area (Å²) in [4.78, 5) is 32.2. The highest BCUT2D eigenvalue weighted by atomic mass is 16.1. The van der Waals surface area contributed by atoms with Gasteiger partial charge in [0.05, 0.1) is 35.7 Å². The van der Waals surface area contributed by atoms with Gasteiger partial charge in [0.1, 0.15) is 11.3 Å². The van der Waals surface area contributed by atoms with Crippen LogP contribution < -0.4 is 5.32 Å². The number of aromatic nitrogens is 5. The van der Waals surface area contributed by atoms with E-state index < -0.39 is 0 Å². The summed E-state index contributed by atoms with van der Waals surface area (Å²) >= 11 is 0. The van der Waals surface area contributed by atoms with E-state index in [0.717, 1.165) is 42.7 Å². The van der Waals surface area contributed by atoms with Crippen molar-refractivity contribution in [3.63, 3.8) is 0 Å². The largest absolute Gasteiger partial charge is 0.352 e. The van der Waals surface area contributed by atoms with Crippen LogP contribution in [0.3, 0.4) is 0 Å². The van der Waals surface area contributed by atoms with Crippen molar-refractivity contribution in [1.29, 1.82) is 0 Å². The number of imidazole rings is 2. The summed E-state index contributed by atoms with van der Waals surface area (Å²) in [5.74, 6) is 0.741. The predicted octanol–water partition coefficient (Wildman–Crippen LogP) is 3.17. The number of carbonyl (C=O) groups excluding carboxylic acids is 1. The fourth-order valence-corrected chi connectivity index (χ4v) is 4.73. The Bertz CT molecular complexity index is 1270. The van der Waals surface area contributed by atoms with Gasteiger partial charge < -0.3 is 14.9 Å². The van der Waals surface area contributed by atoms with Crippen molar-refractivity contribution in [3.8, 4) is 0 Å². The number of aryl methyl sites for hydroxylation is 2. The van der Waals surface area contributed by atoms with E-state index in [1.807, 2.05) is 48.3 Å². The number of para-hydroxylation sites is 1. The first-order chi connectivity index (χ1) is 16.1. The standard InChI is InChI=1S/C25H29N7O/c1-31(21-10-3-6-17-7-5-12-27-23(17)21)15-22-29-20-9-4-8-19(24(20)30-22)25(33)28-13-11-18-14-26-16-32(18)2/h4-5,7-9,12,14,16,21H,3,6,10-11,13,15H2,1-2H3,(H,28,33)(H,29,30). The Hall–Kier alpha value is -3.52. The number of hydrogen-bond donors (Lipinski definition) is 2. The Labute approximate surface area is 193 Å². The first-order valence-electron chi connectivity index (χ1n) is 11.4. The fourth-order valence-electron chi connectivity index (χ4n) is 4.73. The zero-order valence-electron chi connectivity index (χ0n) is 19.1. The molecule has 0 saturated carbocycles. The normalized spacial score (nSPS) is 15.7. The highest BCUT2D eigenvalue weighted by molar-refractivity contribution is 6.04. The van der Waals surface area contributed by atoms with E-state index in [2.05, 4.69) is 38.3 Å². The molecule has 1 unspecified atom stereocenters. The van der Waals surface area contributed by atoms with Crippen LogP contribution in [0.25, 0.3) is 11.0 Å². The predicted molar refractivity (Wildman–Crippen MR) is 127 cm³/mol. The SMILES string of the molecule is CN(Cc1nc2c(C(=O)NCCc3cncn3C)cccc2[nH]1)C1CCCc2cccnc21. The first-order valence-corrected chi connectivity index (χ1v) is 11.4. The Kier molecular flexibility index (Phi) is 5.92. The van der Waals surface area contributed by atoms with Crippen molar-refractivity contribution < 1.29 is 4.79 Å². The first kappa shape index (κ1) is 21.3. The molecule has 170 valence electrons. The van der Waals surface area contributed by atoms with Crippen molar-refractivity contribution in [2.24, 2.45) is 7.05 Å². The lowest BCUT2D eigenvalue weighted by atomic mass is 9.91. The zero-order valence-corrected chi connectivity index (χ0v) is 19.1. The molecule has 0 fully saturated rings. The van der Waals surface area contributed by atoms with E-state index in [-0.39, 0.29) is 11.9 Å². The molecule has 0 saturated heterocycles. The van der Waals surface area contributed by atoms with Gasteiger partial charge in [-0.15, -0.1) is 0 Å². The number of amides is 1. The number of hydrogen-bond acceptors (Lipinski definition) is 5. The van der Waals surface area contributed by atoms with Gasteiger partial charge in [0.2, 0.25) is 0 Å². The molecule has 0 bridgehead atoms. The Balaban J connectivity index is 1.29. The maximum atomic E-state index is 12.9. The molecule has 1 aromatic carbocycles. The lowest BCUT2D eigenvalue weighted by Crippen LogP contribution is -2.28. The highest BCUT2D eigenvalue weighted by Crippen LogP contribution is 2.32. The van der Waals surface area contributed by atoms with Crippen molar-refractivity contribution in [2.75, 3.05) is 13.6 Å². The topological polar surface area (TPSA) is 91.7 Å². The Morgan fingerprint density at radius 3 is 3.06 bits per heavy atom. The zero-order chi connectivity index (χ0) is 22.8. The summed E-state index contributed by atoms with van der Waals surface area (Å²) in [5, 5.41) is 3.02. The third-order valence-electron chi connectivity index (χ3n) is 6.49. The lowest BCUT2D eigenvalue weighted by molar-refractivity contribution is 0.0955. The van der Waals surface area contributed by atoms with Gasteiger partial charge in [0.25, 0.3) is 5.91 Å². The summed E-state index contributed by atoms with van der Waals surface area (Å²) < 4.78 is 1.96. The van der Waals surface area contributed by atoms with Gasteiger partial charge in [-0.05, 0) is 50.1 Å². The van der Waals surface area contributed by atoms with E-state index >= 15 is 0 Å². The second kappa shape index (κ2) is 9.15. The van der Waals surface area contributed by atoms with Crippen molar-refractivity contribution in [2.45, 2.75) is 38.3 Å². The number of rotatable bonds is 7. The van der Waals surface area contributed by atoms with E-state index in [9.17, 15) is 4.79 Å². The average Bonchev–Trinajstić information content (AvgIpc) is 3.43. The lowest BCUT2D eigenvalue weighted by Gasteiger charge is -2.31. The molecule has 1 amide bonds. The van der Waals surface area contributed by atoms with Gasteiger partial charge in [0, 0.05) is 38.1 Å². The maximum Gasteiger partial charge on any atom is 0.253 e. The molecule has 2 N–H and O–H groups in total. The minimum atomic E-state index is -0.111. The molecule has 0 aliphatic heterocycles.